The van der Waals surface area contributed by atoms with E-state index in [9.17, 15) is 14.9 Å². The van der Waals surface area contributed by atoms with Gasteiger partial charge in [-0.2, -0.15) is 0 Å². The number of carbonyl (C=O) groups excluding carboxylic acids is 1. The number of nitro groups is 1. The van der Waals surface area contributed by atoms with Crippen molar-refractivity contribution >= 4 is 39.1 Å². The van der Waals surface area contributed by atoms with Crippen LogP contribution in [0.4, 0.5) is 5.69 Å². The van der Waals surface area contributed by atoms with E-state index in [0.717, 1.165) is 25.0 Å². The molecule has 0 saturated carbocycles. The molecule has 0 bridgehead atoms. The number of nitro benzene ring substituents is 1. The van der Waals surface area contributed by atoms with Crippen LogP contribution in [0.15, 0.2) is 18.2 Å². The maximum absolute atomic E-state index is 12.4. The minimum atomic E-state index is -0.545. The Balaban J connectivity index is 2.09. The van der Waals surface area contributed by atoms with Crippen LogP contribution >= 0.6 is 27.5 Å². The molecule has 1 aliphatic heterocycles. The third-order valence-electron chi connectivity index (χ3n) is 3.40. The monoisotopic (exact) mass is 375 g/mol. The number of amides is 1. The summed E-state index contributed by atoms with van der Waals surface area (Å²) in [7, 11) is 0. The highest BCUT2D eigenvalue weighted by Crippen LogP contribution is 2.22. The summed E-state index contributed by atoms with van der Waals surface area (Å²) in [6, 6.07) is 3.99. The van der Waals surface area contributed by atoms with Crippen molar-refractivity contribution in [2.45, 2.75) is 0 Å². The van der Waals surface area contributed by atoms with Crippen molar-refractivity contribution in [2.24, 2.45) is 0 Å². The highest BCUT2D eigenvalue weighted by molar-refractivity contribution is 9.09. The van der Waals surface area contributed by atoms with E-state index in [1.54, 1.807) is 4.90 Å². The van der Waals surface area contributed by atoms with Gasteiger partial charge in [0, 0.05) is 60.8 Å². The van der Waals surface area contributed by atoms with Crippen molar-refractivity contribution in [1.82, 2.24) is 9.80 Å². The summed E-state index contributed by atoms with van der Waals surface area (Å²) < 4.78 is 0. The second-order valence-corrected chi connectivity index (χ2v) is 6.01. The second kappa shape index (κ2) is 7.20. The number of hydrogen-bond acceptors (Lipinski definition) is 4. The Kier molecular flexibility index (Phi) is 5.55. The standard InChI is InChI=1S/C13H15BrClN3O3/c14-1-2-16-3-5-17(6-4-16)13(19)10-7-11(15)9-12(8-10)18(20)21/h7-9H,1-6H2. The van der Waals surface area contributed by atoms with E-state index in [0.29, 0.717) is 13.1 Å². The highest BCUT2D eigenvalue weighted by Gasteiger charge is 2.23. The maximum atomic E-state index is 12.4. The lowest BCUT2D eigenvalue weighted by atomic mass is 10.1. The molecule has 0 unspecified atom stereocenters. The molecule has 1 aromatic rings. The van der Waals surface area contributed by atoms with Crippen molar-refractivity contribution in [3.63, 3.8) is 0 Å². The fraction of sp³-hybridized carbons (Fsp3) is 0.462. The Hall–Kier alpha value is -1.18. The van der Waals surface area contributed by atoms with Crippen molar-refractivity contribution in [1.29, 1.82) is 0 Å². The number of nitrogens with zero attached hydrogens (tertiary/aromatic N) is 3. The summed E-state index contributed by atoms with van der Waals surface area (Å²) >= 11 is 9.25. The SMILES string of the molecule is O=C(c1cc(Cl)cc([N+](=O)[O-])c1)N1CCN(CCBr)CC1. The van der Waals surface area contributed by atoms with Gasteiger partial charge in [0.2, 0.25) is 0 Å². The molecule has 1 heterocycles. The minimum absolute atomic E-state index is 0.163. The summed E-state index contributed by atoms with van der Waals surface area (Å²) in [5.74, 6) is -0.209. The molecule has 21 heavy (non-hydrogen) atoms. The van der Waals surface area contributed by atoms with Gasteiger partial charge < -0.3 is 4.90 Å². The number of halogens is 2. The Labute approximate surface area is 135 Å². The van der Waals surface area contributed by atoms with Gasteiger partial charge in [0.25, 0.3) is 11.6 Å². The Morgan fingerprint density at radius 1 is 1.29 bits per heavy atom. The molecule has 8 heteroatoms. The van der Waals surface area contributed by atoms with E-state index in [1.807, 2.05) is 0 Å². The smallest absolute Gasteiger partial charge is 0.271 e. The van der Waals surface area contributed by atoms with Gasteiger partial charge in [-0.05, 0) is 6.07 Å². The van der Waals surface area contributed by atoms with Gasteiger partial charge in [0.1, 0.15) is 0 Å². The van der Waals surface area contributed by atoms with Crippen LogP contribution in [0, 0.1) is 10.1 Å². The first-order valence-corrected chi connectivity index (χ1v) is 8.04. The third kappa shape index (κ3) is 4.15. The molecule has 0 spiro atoms. The van der Waals surface area contributed by atoms with Gasteiger partial charge in [-0.3, -0.25) is 19.8 Å². The van der Waals surface area contributed by atoms with E-state index in [1.165, 1.54) is 18.2 Å². The van der Waals surface area contributed by atoms with Crippen molar-refractivity contribution < 1.29 is 9.72 Å². The fourth-order valence-electron chi connectivity index (χ4n) is 2.28. The summed E-state index contributed by atoms with van der Waals surface area (Å²) in [6.07, 6.45) is 0. The lowest BCUT2D eigenvalue weighted by molar-refractivity contribution is -0.384. The molecule has 114 valence electrons. The predicted molar refractivity (Wildman–Crippen MR) is 84.2 cm³/mol. The first-order valence-electron chi connectivity index (χ1n) is 6.54. The first kappa shape index (κ1) is 16.2. The number of alkyl halides is 1. The van der Waals surface area contributed by atoms with Crippen molar-refractivity contribution in [3.05, 3.63) is 38.9 Å². The largest absolute Gasteiger partial charge is 0.336 e. The quantitative estimate of drug-likeness (QED) is 0.460. The van der Waals surface area contributed by atoms with Crippen LogP contribution in [-0.2, 0) is 0 Å². The number of hydrogen-bond donors (Lipinski definition) is 0. The van der Waals surface area contributed by atoms with Crippen LogP contribution in [0.2, 0.25) is 5.02 Å². The number of piperazine rings is 1. The van der Waals surface area contributed by atoms with Crippen LogP contribution in [0.5, 0.6) is 0 Å². The zero-order valence-corrected chi connectivity index (χ0v) is 13.6. The molecule has 2 rings (SSSR count). The topological polar surface area (TPSA) is 66.7 Å². The van der Waals surface area contributed by atoms with Gasteiger partial charge >= 0.3 is 0 Å². The fourth-order valence-corrected chi connectivity index (χ4v) is 3.01. The van der Waals surface area contributed by atoms with Crippen LogP contribution in [0.1, 0.15) is 10.4 Å². The van der Waals surface area contributed by atoms with Crippen molar-refractivity contribution in [3.8, 4) is 0 Å². The maximum Gasteiger partial charge on any atom is 0.271 e. The van der Waals surface area contributed by atoms with Crippen LogP contribution in [0.25, 0.3) is 0 Å². The van der Waals surface area contributed by atoms with E-state index < -0.39 is 4.92 Å². The van der Waals surface area contributed by atoms with Gasteiger partial charge in [-0.1, -0.05) is 27.5 Å². The second-order valence-electron chi connectivity index (χ2n) is 4.78. The number of carbonyl (C=O) groups is 1. The van der Waals surface area contributed by atoms with Gasteiger partial charge in [-0.25, -0.2) is 0 Å². The number of benzene rings is 1. The summed E-state index contributed by atoms with van der Waals surface area (Å²) in [6.45, 7) is 3.79. The van der Waals surface area contributed by atoms with Crippen LogP contribution in [0.3, 0.4) is 0 Å². The Bertz CT molecular complexity index is 547. The zero-order valence-electron chi connectivity index (χ0n) is 11.3. The minimum Gasteiger partial charge on any atom is -0.336 e. The molecule has 1 aliphatic rings. The molecule has 1 aromatic carbocycles. The van der Waals surface area contributed by atoms with E-state index >= 15 is 0 Å². The van der Waals surface area contributed by atoms with E-state index in [-0.39, 0.29) is 22.2 Å². The summed E-state index contributed by atoms with van der Waals surface area (Å²) in [5.41, 5.74) is 0.104. The molecule has 0 aromatic heterocycles. The molecule has 1 fully saturated rings. The third-order valence-corrected chi connectivity index (χ3v) is 3.97. The van der Waals surface area contributed by atoms with Crippen molar-refractivity contribution in [2.75, 3.05) is 38.1 Å². The molecule has 0 atom stereocenters. The summed E-state index contributed by atoms with van der Waals surface area (Å²) in [5, 5.41) is 11.9. The molecule has 0 N–H and O–H groups in total. The average Bonchev–Trinajstić information content (AvgIpc) is 2.47. The molecule has 1 saturated heterocycles. The lowest BCUT2D eigenvalue weighted by Gasteiger charge is -2.34. The molecule has 0 radical (unpaired) electrons. The van der Waals surface area contributed by atoms with Crippen LogP contribution < -0.4 is 0 Å². The van der Waals surface area contributed by atoms with Gasteiger partial charge in [-0.15, -0.1) is 0 Å². The normalized spacial score (nSPS) is 16.0. The molecular weight excluding hydrogens is 362 g/mol. The van der Waals surface area contributed by atoms with E-state index in [2.05, 4.69) is 20.8 Å². The first-order chi connectivity index (χ1) is 10.0. The van der Waals surface area contributed by atoms with E-state index in [4.69, 9.17) is 11.6 Å². The average molecular weight is 377 g/mol. The number of rotatable bonds is 4. The van der Waals surface area contributed by atoms with Gasteiger partial charge in [0.15, 0.2) is 0 Å². The molecule has 0 aliphatic carbocycles. The molecule has 6 nitrogen and oxygen atoms in total. The van der Waals surface area contributed by atoms with Gasteiger partial charge in [0.05, 0.1) is 4.92 Å². The molecule has 1 amide bonds. The molecular formula is C13H15BrClN3O3. The predicted octanol–water partition coefficient (Wildman–Crippen LogP) is 2.40. The summed E-state index contributed by atoms with van der Waals surface area (Å²) in [4.78, 5) is 26.7. The van der Waals surface area contributed by atoms with Crippen LogP contribution in [-0.4, -0.2) is 58.7 Å². The zero-order chi connectivity index (χ0) is 15.4. The lowest BCUT2D eigenvalue weighted by Crippen LogP contribution is -2.49. The highest BCUT2D eigenvalue weighted by atomic mass is 79.9. The Morgan fingerprint density at radius 3 is 2.52 bits per heavy atom. The Morgan fingerprint density at radius 2 is 1.95 bits per heavy atom. The number of non-ortho nitro benzene ring substituents is 1.